The molecule has 0 saturated carbocycles. The second-order valence-corrected chi connectivity index (χ2v) is 7.45. The number of hydrogen-bond donors (Lipinski definition) is 1. The normalized spacial score (nSPS) is 24.1. The van der Waals surface area contributed by atoms with E-state index < -0.39 is 0 Å². The maximum atomic E-state index is 13.6. The molecule has 0 amide bonds. The third-order valence-corrected chi connectivity index (χ3v) is 5.70. The lowest BCUT2D eigenvalue weighted by atomic mass is 10.1. The van der Waals surface area contributed by atoms with Crippen molar-refractivity contribution in [2.75, 3.05) is 39.5 Å². The van der Waals surface area contributed by atoms with Crippen molar-refractivity contribution in [3.05, 3.63) is 41.5 Å². The van der Waals surface area contributed by atoms with E-state index in [9.17, 15) is 9.50 Å². The molecule has 2 atom stereocenters. The van der Waals surface area contributed by atoms with Gasteiger partial charge in [-0.2, -0.15) is 0 Å². The van der Waals surface area contributed by atoms with Crippen LogP contribution in [0.1, 0.15) is 30.3 Å². The summed E-state index contributed by atoms with van der Waals surface area (Å²) in [5, 5.41) is 22.2. The fourth-order valence-corrected chi connectivity index (χ4v) is 4.17. The summed E-state index contributed by atoms with van der Waals surface area (Å²) in [5.74, 6) is 0.574. The van der Waals surface area contributed by atoms with Crippen LogP contribution in [-0.4, -0.2) is 80.6 Å². The molecule has 2 fully saturated rings. The molecular weight excluding hydrogens is 363 g/mol. The van der Waals surface area contributed by atoms with Gasteiger partial charge in [-0.05, 0) is 41.0 Å². The van der Waals surface area contributed by atoms with Crippen molar-refractivity contribution in [2.45, 2.75) is 38.0 Å². The van der Waals surface area contributed by atoms with Crippen LogP contribution in [0, 0.1) is 5.82 Å². The third kappa shape index (κ3) is 4.38. The summed E-state index contributed by atoms with van der Waals surface area (Å²) in [4.78, 5) is 4.55. The molecule has 0 bridgehead atoms. The molecule has 1 aromatic carbocycles. The highest BCUT2D eigenvalue weighted by molar-refractivity contribution is 5.17. The van der Waals surface area contributed by atoms with Crippen molar-refractivity contribution in [2.24, 2.45) is 0 Å². The van der Waals surface area contributed by atoms with E-state index >= 15 is 0 Å². The SMILES string of the molecule is OC[C@@H]1CC[C@H](c2nnnn2CCN2CCOCC2)N1Cc1cccc(F)c1. The minimum Gasteiger partial charge on any atom is -0.395 e. The van der Waals surface area contributed by atoms with Gasteiger partial charge < -0.3 is 9.84 Å². The zero-order valence-electron chi connectivity index (χ0n) is 16.0. The number of aromatic nitrogens is 4. The zero-order valence-corrected chi connectivity index (χ0v) is 16.0. The lowest BCUT2D eigenvalue weighted by Gasteiger charge is -2.29. The fourth-order valence-electron chi connectivity index (χ4n) is 4.17. The van der Waals surface area contributed by atoms with Crippen molar-refractivity contribution in [1.82, 2.24) is 30.0 Å². The molecule has 0 aliphatic carbocycles. The van der Waals surface area contributed by atoms with Crippen LogP contribution >= 0.6 is 0 Å². The molecule has 0 spiro atoms. The van der Waals surface area contributed by atoms with E-state index in [4.69, 9.17) is 4.74 Å². The summed E-state index contributed by atoms with van der Waals surface area (Å²) in [5.41, 5.74) is 0.887. The first-order valence-corrected chi connectivity index (χ1v) is 9.92. The summed E-state index contributed by atoms with van der Waals surface area (Å²) in [6.45, 7) is 5.62. The first kappa shape index (κ1) is 19.4. The summed E-state index contributed by atoms with van der Waals surface area (Å²) in [6, 6.07) is 6.66. The maximum Gasteiger partial charge on any atom is 0.168 e. The standard InChI is InChI=1S/C19H27FN6O2/c20-16-3-1-2-15(12-16)13-25-17(14-27)4-5-18(25)19-21-22-23-26(19)7-6-24-8-10-28-11-9-24/h1-3,12,17-18,27H,4-11,13-14H2/t17-,18+/m0/s1. The number of rotatable bonds is 7. The van der Waals surface area contributed by atoms with Crippen molar-refractivity contribution < 1.29 is 14.2 Å². The van der Waals surface area contributed by atoms with Gasteiger partial charge in [-0.1, -0.05) is 12.1 Å². The summed E-state index contributed by atoms with van der Waals surface area (Å²) >= 11 is 0. The van der Waals surface area contributed by atoms with Crippen molar-refractivity contribution >= 4 is 0 Å². The quantitative estimate of drug-likeness (QED) is 0.751. The number of tetrazole rings is 1. The monoisotopic (exact) mass is 390 g/mol. The first-order valence-electron chi connectivity index (χ1n) is 9.92. The molecule has 152 valence electrons. The minimum atomic E-state index is -0.246. The van der Waals surface area contributed by atoms with Crippen LogP contribution in [-0.2, 0) is 17.8 Å². The summed E-state index contributed by atoms with van der Waals surface area (Å²) in [6.07, 6.45) is 1.74. The summed E-state index contributed by atoms with van der Waals surface area (Å²) in [7, 11) is 0. The van der Waals surface area contributed by atoms with Crippen LogP contribution in [0.4, 0.5) is 4.39 Å². The van der Waals surface area contributed by atoms with E-state index in [-0.39, 0.29) is 24.5 Å². The van der Waals surface area contributed by atoms with Crippen LogP contribution in [0.5, 0.6) is 0 Å². The van der Waals surface area contributed by atoms with E-state index in [1.165, 1.54) is 6.07 Å². The lowest BCUT2D eigenvalue weighted by Crippen LogP contribution is -2.39. The summed E-state index contributed by atoms with van der Waals surface area (Å²) < 4.78 is 20.9. The van der Waals surface area contributed by atoms with E-state index in [0.717, 1.165) is 63.6 Å². The van der Waals surface area contributed by atoms with Gasteiger partial charge in [-0.25, -0.2) is 9.07 Å². The Kier molecular flexibility index (Phi) is 6.26. The molecule has 28 heavy (non-hydrogen) atoms. The van der Waals surface area contributed by atoms with Gasteiger partial charge in [0.15, 0.2) is 5.82 Å². The van der Waals surface area contributed by atoms with Crippen LogP contribution in [0.3, 0.4) is 0 Å². The van der Waals surface area contributed by atoms with E-state index in [0.29, 0.717) is 6.54 Å². The van der Waals surface area contributed by atoms with Crippen LogP contribution in [0.2, 0.25) is 0 Å². The number of aliphatic hydroxyl groups is 1. The molecule has 1 N–H and O–H groups in total. The number of benzene rings is 1. The predicted octanol–water partition coefficient (Wildman–Crippen LogP) is 0.842. The molecule has 3 heterocycles. The highest BCUT2D eigenvalue weighted by Gasteiger charge is 2.37. The van der Waals surface area contributed by atoms with Crippen LogP contribution < -0.4 is 0 Å². The molecule has 2 aliphatic heterocycles. The Hall–Kier alpha value is -1.94. The van der Waals surface area contributed by atoms with E-state index in [1.54, 1.807) is 12.1 Å². The Bertz CT molecular complexity index is 766. The van der Waals surface area contributed by atoms with Gasteiger partial charge in [0.25, 0.3) is 0 Å². The maximum absolute atomic E-state index is 13.6. The highest BCUT2D eigenvalue weighted by atomic mass is 19.1. The first-order chi connectivity index (χ1) is 13.7. The highest BCUT2D eigenvalue weighted by Crippen LogP contribution is 2.36. The van der Waals surface area contributed by atoms with E-state index in [2.05, 4.69) is 25.3 Å². The number of ether oxygens (including phenoxy) is 1. The molecule has 2 aliphatic rings. The average Bonchev–Trinajstić information content (AvgIpc) is 3.33. The molecule has 8 nitrogen and oxygen atoms in total. The van der Waals surface area contributed by atoms with E-state index in [1.807, 2.05) is 10.7 Å². The lowest BCUT2D eigenvalue weighted by molar-refractivity contribution is 0.0355. The van der Waals surface area contributed by atoms with Crippen LogP contribution in [0.25, 0.3) is 0 Å². The predicted molar refractivity (Wildman–Crippen MR) is 99.9 cm³/mol. The number of halogens is 1. The molecule has 9 heteroatoms. The average molecular weight is 390 g/mol. The van der Waals surface area contributed by atoms with Gasteiger partial charge in [0.1, 0.15) is 5.82 Å². The molecular formula is C19H27FN6O2. The number of aliphatic hydroxyl groups excluding tert-OH is 1. The van der Waals surface area contributed by atoms with Gasteiger partial charge in [0.2, 0.25) is 0 Å². The Balaban J connectivity index is 1.48. The van der Waals surface area contributed by atoms with Gasteiger partial charge in [-0.3, -0.25) is 9.80 Å². The molecule has 4 rings (SSSR count). The third-order valence-electron chi connectivity index (χ3n) is 5.70. The largest absolute Gasteiger partial charge is 0.395 e. The second-order valence-electron chi connectivity index (χ2n) is 7.45. The number of morpholine rings is 1. The molecule has 2 saturated heterocycles. The number of hydrogen-bond acceptors (Lipinski definition) is 7. The van der Waals surface area contributed by atoms with Gasteiger partial charge in [0.05, 0.1) is 32.4 Å². The second kappa shape index (κ2) is 9.04. The Morgan fingerprint density at radius 3 is 2.82 bits per heavy atom. The fraction of sp³-hybridized carbons (Fsp3) is 0.632. The van der Waals surface area contributed by atoms with Gasteiger partial charge >= 0.3 is 0 Å². The zero-order chi connectivity index (χ0) is 19.3. The van der Waals surface area contributed by atoms with Crippen molar-refractivity contribution in [1.29, 1.82) is 0 Å². The van der Waals surface area contributed by atoms with Gasteiger partial charge in [-0.15, -0.1) is 5.10 Å². The number of likely N-dealkylation sites (tertiary alicyclic amines) is 1. The minimum absolute atomic E-state index is 0.0140. The molecule has 0 unspecified atom stereocenters. The molecule has 0 radical (unpaired) electrons. The van der Waals surface area contributed by atoms with Gasteiger partial charge in [0, 0.05) is 32.2 Å². The molecule has 1 aromatic heterocycles. The Morgan fingerprint density at radius 2 is 2.04 bits per heavy atom. The van der Waals surface area contributed by atoms with Crippen LogP contribution in [0.15, 0.2) is 24.3 Å². The smallest absolute Gasteiger partial charge is 0.168 e. The van der Waals surface area contributed by atoms with Crippen molar-refractivity contribution in [3.63, 3.8) is 0 Å². The molecule has 2 aromatic rings. The topological polar surface area (TPSA) is 79.5 Å². The number of nitrogens with zero attached hydrogens (tertiary/aromatic N) is 6. The van der Waals surface area contributed by atoms with Crippen molar-refractivity contribution in [3.8, 4) is 0 Å². The Labute approximate surface area is 163 Å². The Morgan fingerprint density at radius 1 is 1.18 bits per heavy atom.